The molecule has 0 saturated heterocycles. The summed E-state index contributed by atoms with van der Waals surface area (Å²) < 4.78 is 24.7. The Balaban J connectivity index is 3.38. The predicted molar refractivity (Wildman–Crippen MR) is 50.1 cm³/mol. The number of aromatic hydroxyl groups is 1. The van der Waals surface area contributed by atoms with E-state index in [1.807, 2.05) is 0 Å². The minimum atomic E-state index is -2.98. The number of rotatable bonds is 3. The fraction of sp³-hybridized carbons (Fsp3) is 0.286. The van der Waals surface area contributed by atoms with Gasteiger partial charge in [-0.3, -0.25) is 0 Å². The second-order valence-electron chi connectivity index (χ2n) is 2.56. The van der Waals surface area contributed by atoms with E-state index in [1.165, 1.54) is 0 Å². The highest BCUT2D eigenvalue weighted by atomic mass is 79.9. The summed E-state index contributed by atoms with van der Waals surface area (Å²) in [6.45, 7) is 0. The Kier molecular flexibility index (Phi) is 3.51. The molecule has 0 fully saturated rings. The minimum absolute atomic E-state index is 0.0414. The van der Waals surface area contributed by atoms with Crippen LogP contribution >= 0.6 is 15.9 Å². The van der Waals surface area contributed by atoms with E-state index in [2.05, 4.69) is 20.9 Å². The van der Waals surface area contributed by atoms with Crippen molar-refractivity contribution in [3.8, 4) is 5.75 Å². The Bertz CT molecular complexity index is 400. The molecule has 0 saturated carbocycles. The van der Waals surface area contributed by atoms with E-state index in [0.29, 0.717) is 6.07 Å². The van der Waals surface area contributed by atoms with E-state index in [9.17, 15) is 24.0 Å². The molecule has 0 aliphatic carbocycles. The number of alkyl halides is 3. The van der Waals surface area contributed by atoms with E-state index < -0.39 is 28.5 Å². The van der Waals surface area contributed by atoms with E-state index in [-0.39, 0.29) is 11.0 Å². The summed E-state index contributed by atoms with van der Waals surface area (Å²) in [6.07, 6.45) is -2.98. The average molecular weight is 283 g/mol. The Morgan fingerprint density at radius 3 is 2.67 bits per heavy atom. The predicted octanol–water partition coefficient (Wildman–Crippen LogP) is 2.53. The fourth-order valence-electron chi connectivity index (χ4n) is 0.951. The summed E-state index contributed by atoms with van der Waals surface area (Å²) in [4.78, 5) is 12.9. The lowest BCUT2D eigenvalue weighted by Gasteiger charge is -2.04. The maximum Gasteiger partial charge on any atom is 0.364 e. The van der Waals surface area contributed by atoms with Gasteiger partial charge in [0.2, 0.25) is 5.69 Å². The molecule has 0 radical (unpaired) electrons. The molecule has 1 aromatic heterocycles. The first-order valence-corrected chi connectivity index (χ1v) is 4.80. The molecule has 1 N–H and O–H groups in total. The van der Waals surface area contributed by atoms with Crippen LogP contribution in [0.2, 0.25) is 0 Å². The van der Waals surface area contributed by atoms with Gasteiger partial charge in [-0.2, -0.15) is 0 Å². The molecule has 1 heterocycles. The highest BCUT2D eigenvalue weighted by Crippen LogP contribution is 2.33. The standard InChI is InChI=1S/C7H5BrF2N2O3/c8-2-4-6(13)3(7(9)10)1-5(11-4)12(14)15/h1,7,13H,2H2. The summed E-state index contributed by atoms with van der Waals surface area (Å²) in [5.41, 5.74) is -0.967. The van der Waals surface area contributed by atoms with Crippen LogP contribution in [0.25, 0.3) is 0 Å². The monoisotopic (exact) mass is 282 g/mol. The molecular weight excluding hydrogens is 278 g/mol. The van der Waals surface area contributed by atoms with Crippen molar-refractivity contribution in [1.29, 1.82) is 0 Å². The number of nitrogens with zero attached hydrogens (tertiary/aromatic N) is 2. The SMILES string of the molecule is O=[N+]([O-])c1cc(C(F)F)c(O)c(CBr)n1. The van der Waals surface area contributed by atoms with Gasteiger partial charge >= 0.3 is 5.82 Å². The molecule has 0 aliphatic heterocycles. The van der Waals surface area contributed by atoms with Crippen LogP contribution in [0.1, 0.15) is 17.7 Å². The van der Waals surface area contributed by atoms with Gasteiger partial charge in [-0.15, -0.1) is 0 Å². The topological polar surface area (TPSA) is 76.3 Å². The maximum absolute atomic E-state index is 12.4. The summed E-state index contributed by atoms with van der Waals surface area (Å²) >= 11 is 2.88. The van der Waals surface area contributed by atoms with E-state index >= 15 is 0 Å². The zero-order valence-electron chi connectivity index (χ0n) is 7.15. The van der Waals surface area contributed by atoms with Gasteiger partial charge in [0.15, 0.2) is 5.75 Å². The van der Waals surface area contributed by atoms with E-state index in [4.69, 9.17) is 0 Å². The third-order valence-corrected chi connectivity index (χ3v) is 2.16. The number of halogens is 3. The Morgan fingerprint density at radius 2 is 2.27 bits per heavy atom. The fourth-order valence-corrected chi connectivity index (χ4v) is 1.34. The molecule has 1 aromatic rings. The first-order valence-electron chi connectivity index (χ1n) is 3.68. The van der Waals surface area contributed by atoms with Crippen molar-refractivity contribution in [2.45, 2.75) is 11.8 Å². The maximum atomic E-state index is 12.4. The van der Waals surface area contributed by atoms with Gasteiger partial charge in [-0.05, 0) is 9.91 Å². The molecule has 5 nitrogen and oxygen atoms in total. The largest absolute Gasteiger partial charge is 0.504 e. The zero-order chi connectivity index (χ0) is 11.6. The van der Waals surface area contributed by atoms with Crippen LogP contribution in [0.15, 0.2) is 6.07 Å². The van der Waals surface area contributed by atoms with Crippen molar-refractivity contribution >= 4 is 21.7 Å². The first-order chi connectivity index (χ1) is 6.97. The van der Waals surface area contributed by atoms with Crippen molar-refractivity contribution in [2.24, 2.45) is 0 Å². The van der Waals surface area contributed by atoms with Crippen LogP contribution in [0.5, 0.6) is 5.75 Å². The summed E-state index contributed by atoms with van der Waals surface area (Å²) in [5, 5.41) is 19.6. The molecule has 8 heteroatoms. The molecule has 1 rings (SSSR count). The lowest BCUT2D eigenvalue weighted by molar-refractivity contribution is -0.389. The van der Waals surface area contributed by atoms with Crippen LogP contribution in [0.3, 0.4) is 0 Å². The normalized spacial score (nSPS) is 10.7. The average Bonchev–Trinajstić information content (AvgIpc) is 2.17. The van der Waals surface area contributed by atoms with E-state index in [0.717, 1.165) is 0 Å². The molecule has 0 bridgehead atoms. The third-order valence-electron chi connectivity index (χ3n) is 1.63. The van der Waals surface area contributed by atoms with Crippen LogP contribution in [-0.4, -0.2) is 15.0 Å². The quantitative estimate of drug-likeness (QED) is 0.525. The van der Waals surface area contributed by atoms with Gasteiger partial charge in [0, 0.05) is 6.07 Å². The first kappa shape index (κ1) is 11.8. The molecular formula is C7H5BrF2N2O3. The lowest BCUT2D eigenvalue weighted by atomic mass is 10.2. The van der Waals surface area contributed by atoms with Crippen molar-refractivity contribution in [1.82, 2.24) is 4.98 Å². The molecule has 0 aromatic carbocycles. The van der Waals surface area contributed by atoms with Gasteiger partial charge in [0.1, 0.15) is 0 Å². The molecule has 0 amide bonds. The van der Waals surface area contributed by atoms with Crippen molar-refractivity contribution in [3.63, 3.8) is 0 Å². The molecule has 0 aliphatic rings. The van der Waals surface area contributed by atoms with E-state index in [1.54, 1.807) is 0 Å². The Labute approximate surface area is 91.0 Å². The van der Waals surface area contributed by atoms with Gasteiger partial charge in [0.05, 0.1) is 10.9 Å². The second-order valence-corrected chi connectivity index (χ2v) is 3.12. The molecule has 0 spiro atoms. The highest BCUT2D eigenvalue weighted by Gasteiger charge is 2.24. The van der Waals surface area contributed by atoms with Gasteiger partial charge < -0.3 is 15.2 Å². The van der Waals surface area contributed by atoms with Crippen LogP contribution in [0.4, 0.5) is 14.6 Å². The van der Waals surface area contributed by atoms with Crippen LogP contribution < -0.4 is 0 Å². The minimum Gasteiger partial charge on any atom is -0.504 e. The van der Waals surface area contributed by atoms with Crippen LogP contribution in [-0.2, 0) is 5.33 Å². The van der Waals surface area contributed by atoms with Gasteiger partial charge in [0.25, 0.3) is 6.43 Å². The summed E-state index contributed by atoms with van der Waals surface area (Å²) in [7, 11) is 0. The Hall–Kier alpha value is -1.31. The molecule has 0 unspecified atom stereocenters. The van der Waals surface area contributed by atoms with Crippen LogP contribution in [0, 0.1) is 10.1 Å². The summed E-state index contributed by atoms with van der Waals surface area (Å²) in [5.74, 6) is -1.43. The third kappa shape index (κ3) is 2.38. The highest BCUT2D eigenvalue weighted by molar-refractivity contribution is 9.08. The molecule has 15 heavy (non-hydrogen) atoms. The number of pyridine rings is 1. The van der Waals surface area contributed by atoms with Crippen molar-refractivity contribution < 1.29 is 18.8 Å². The second kappa shape index (κ2) is 4.47. The number of nitro groups is 1. The number of hydrogen-bond donors (Lipinski definition) is 1. The van der Waals surface area contributed by atoms with Crippen molar-refractivity contribution in [2.75, 3.05) is 0 Å². The van der Waals surface area contributed by atoms with Gasteiger partial charge in [-0.1, -0.05) is 15.9 Å². The Morgan fingerprint density at radius 1 is 1.67 bits per heavy atom. The summed E-state index contributed by atoms with van der Waals surface area (Å²) in [6, 6.07) is 0.562. The lowest BCUT2D eigenvalue weighted by Crippen LogP contribution is -1.99. The van der Waals surface area contributed by atoms with Crippen molar-refractivity contribution in [3.05, 3.63) is 27.4 Å². The van der Waals surface area contributed by atoms with Gasteiger partial charge in [-0.25, -0.2) is 8.78 Å². The smallest absolute Gasteiger partial charge is 0.364 e. The number of aromatic nitrogens is 1. The zero-order valence-corrected chi connectivity index (χ0v) is 8.74. The molecule has 82 valence electrons. The molecule has 0 atom stereocenters. The number of hydrogen-bond acceptors (Lipinski definition) is 4.